The number of carbonyl (C=O) groups excluding carboxylic acids is 2. The van der Waals surface area contributed by atoms with Gasteiger partial charge in [0.2, 0.25) is 0 Å². The molecule has 1 unspecified atom stereocenters. The molecule has 1 amide bonds. The zero-order valence-electron chi connectivity index (χ0n) is 16.8. The number of aryl methyl sites for hydroxylation is 2. The van der Waals surface area contributed by atoms with Crippen LogP contribution in [0.5, 0.6) is 0 Å². The van der Waals surface area contributed by atoms with Crippen molar-refractivity contribution < 1.29 is 14.7 Å². The molecule has 1 atom stereocenters. The number of Topliss-reactive ketones (excluding diaryl/α,β-unsaturated/α-hetero) is 1. The summed E-state index contributed by atoms with van der Waals surface area (Å²) in [6.45, 7) is 3.83. The minimum atomic E-state index is -0.892. The molecule has 0 aliphatic carbocycles. The van der Waals surface area contributed by atoms with Gasteiger partial charge in [-0.15, -0.1) is 0 Å². The van der Waals surface area contributed by atoms with E-state index in [9.17, 15) is 14.7 Å². The number of anilines is 1. The first-order valence-corrected chi connectivity index (χ1v) is 10.3. The maximum atomic E-state index is 13.1. The normalized spacial score (nSPS) is 17.9. The van der Waals surface area contributed by atoms with Gasteiger partial charge in [0.15, 0.2) is 0 Å². The van der Waals surface area contributed by atoms with Crippen LogP contribution in [0.25, 0.3) is 5.76 Å². The molecule has 0 saturated carbocycles. The van der Waals surface area contributed by atoms with Crippen LogP contribution in [0.15, 0.2) is 66.4 Å². The minimum Gasteiger partial charge on any atom is -0.507 e. The number of halogens is 2. The number of carbonyl (C=O) groups is 2. The summed E-state index contributed by atoms with van der Waals surface area (Å²) in [4.78, 5) is 32.0. The number of rotatable bonds is 3. The van der Waals surface area contributed by atoms with E-state index >= 15 is 0 Å². The second-order valence-corrected chi connectivity index (χ2v) is 8.21. The van der Waals surface area contributed by atoms with Crippen molar-refractivity contribution in [2.75, 3.05) is 4.90 Å². The molecule has 5 nitrogen and oxygen atoms in total. The van der Waals surface area contributed by atoms with Gasteiger partial charge in [0.05, 0.1) is 21.3 Å². The van der Waals surface area contributed by atoms with Crippen LogP contribution in [-0.4, -0.2) is 21.8 Å². The fraction of sp³-hybridized carbons (Fsp3) is 0.125. The number of aliphatic hydroxyl groups is 1. The predicted molar refractivity (Wildman–Crippen MR) is 121 cm³/mol. The van der Waals surface area contributed by atoms with E-state index in [1.165, 1.54) is 17.0 Å². The Bertz CT molecular complexity index is 1220. The van der Waals surface area contributed by atoms with Gasteiger partial charge in [0.25, 0.3) is 11.7 Å². The number of aromatic nitrogens is 1. The average molecular weight is 453 g/mol. The Balaban J connectivity index is 1.97. The van der Waals surface area contributed by atoms with E-state index < -0.39 is 17.7 Å². The third-order valence-electron chi connectivity index (χ3n) is 5.09. The van der Waals surface area contributed by atoms with E-state index in [0.29, 0.717) is 16.4 Å². The summed E-state index contributed by atoms with van der Waals surface area (Å²) in [7, 11) is 0. The Morgan fingerprint density at radius 3 is 2.29 bits per heavy atom. The van der Waals surface area contributed by atoms with Gasteiger partial charge < -0.3 is 5.11 Å². The lowest BCUT2D eigenvalue weighted by molar-refractivity contribution is -0.132. The third kappa shape index (κ3) is 3.82. The highest BCUT2D eigenvalue weighted by Crippen LogP contribution is 2.42. The number of nitrogens with zero attached hydrogens (tertiary/aromatic N) is 2. The number of ketones is 1. The van der Waals surface area contributed by atoms with Crippen LogP contribution >= 0.6 is 23.2 Å². The molecule has 0 bridgehead atoms. The van der Waals surface area contributed by atoms with Crippen molar-refractivity contribution >= 4 is 46.3 Å². The van der Waals surface area contributed by atoms with Crippen LogP contribution in [0.1, 0.15) is 28.4 Å². The Kier molecular flexibility index (Phi) is 5.56. The topological polar surface area (TPSA) is 70.5 Å². The van der Waals surface area contributed by atoms with Crippen molar-refractivity contribution in [1.82, 2.24) is 4.98 Å². The van der Waals surface area contributed by atoms with Gasteiger partial charge in [0, 0.05) is 17.4 Å². The molecule has 156 valence electrons. The maximum Gasteiger partial charge on any atom is 0.300 e. The number of amides is 1. The Morgan fingerprint density at radius 1 is 0.968 bits per heavy atom. The Morgan fingerprint density at radius 2 is 1.68 bits per heavy atom. The summed E-state index contributed by atoms with van der Waals surface area (Å²) >= 11 is 12.1. The molecule has 2 heterocycles. The highest BCUT2D eigenvalue weighted by Gasteiger charge is 2.47. The van der Waals surface area contributed by atoms with E-state index in [2.05, 4.69) is 4.98 Å². The standard InChI is InChI=1S/C24H18Cl2N2O3/c1-13-9-14(2)11-16(10-13)28-21(19-5-3-4-8-27-19)20(23(30)24(28)31)22(29)15-6-7-17(25)18(26)12-15/h3-12,21,29H,1-2H3/b22-20-. The van der Waals surface area contributed by atoms with Gasteiger partial charge in [-0.1, -0.05) is 35.3 Å². The number of pyridine rings is 1. The molecule has 2 aromatic carbocycles. The average Bonchev–Trinajstić information content (AvgIpc) is 3.00. The van der Waals surface area contributed by atoms with Gasteiger partial charge in [-0.25, -0.2) is 0 Å². The highest BCUT2D eigenvalue weighted by atomic mass is 35.5. The van der Waals surface area contributed by atoms with Crippen molar-refractivity contribution in [2.45, 2.75) is 19.9 Å². The second-order valence-electron chi connectivity index (χ2n) is 7.40. The Labute approximate surface area is 189 Å². The molecule has 1 aromatic heterocycles. The summed E-state index contributed by atoms with van der Waals surface area (Å²) in [5, 5.41) is 11.6. The first-order valence-electron chi connectivity index (χ1n) is 9.53. The van der Waals surface area contributed by atoms with E-state index in [0.717, 1.165) is 11.1 Å². The largest absolute Gasteiger partial charge is 0.507 e. The van der Waals surface area contributed by atoms with Gasteiger partial charge in [-0.2, -0.15) is 0 Å². The molecule has 7 heteroatoms. The maximum absolute atomic E-state index is 13.1. The summed E-state index contributed by atoms with van der Waals surface area (Å²) in [5.74, 6) is -1.86. The van der Waals surface area contributed by atoms with Gasteiger partial charge in [-0.05, 0) is 67.4 Å². The molecule has 1 aliphatic rings. The van der Waals surface area contributed by atoms with Crippen molar-refractivity contribution in [1.29, 1.82) is 0 Å². The molecular formula is C24H18Cl2N2O3. The molecule has 0 radical (unpaired) electrons. The molecular weight excluding hydrogens is 435 g/mol. The van der Waals surface area contributed by atoms with Crippen LogP contribution in [0.2, 0.25) is 10.0 Å². The molecule has 1 aliphatic heterocycles. The summed E-state index contributed by atoms with van der Waals surface area (Å²) < 4.78 is 0. The number of benzene rings is 2. The van der Waals surface area contributed by atoms with Crippen LogP contribution < -0.4 is 4.90 Å². The van der Waals surface area contributed by atoms with Crippen LogP contribution in [0.3, 0.4) is 0 Å². The van der Waals surface area contributed by atoms with E-state index in [1.807, 2.05) is 32.0 Å². The van der Waals surface area contributed by atoms with Crippen molar-refractivity contribution in [3.8, 4) is 0 Å². The summed E-state index contributed by atoms with van der Waals surface area (Å²) in [6.07, 6.45) is 1.58. The molecule has 0 spiro atoms. The monoisotopic (exact) mass is 452 g/mol. The predicted octanol–water partition coefficient (Wildman–Crippen LogP) is 5.63. The molecule has 1 N–H and O–H groups in total. The molecule has 1 fully saturated rings. The SMILES string of the molecule is Cc1cc(C)cc(N2C(=O)C(=O)/C(=C(\O)c3ccc(Cl)c(Cl)c3)C2c2ccccn2)c1. The molecule has 3 aromatic rings. The van der Waals surface area contributed by atoms with Gasteiger partial charge >= 0.3 is 0 Å². The van der Waals surface area contributed by atoms with Crippen LogP contribution in [0.4, 0.5) is 5.69 Å². The summed E-state index contributed by atoms with van der Waals surface area (Å²) in [5.41, 5.74) is 3.14. The first kappa shape index (κ1) is 21.1. The number of aliphatic hydroxyl groups excluding tert-OH is 1. The lowest BCUT2D eigenvalue weighted by Crippen LogP contribution is -2.30. The quantitative estimate of drug-likeness (QED) is 0.317. The zero-order chi connectivity index (χ0) is 22.3. The van der Waals surface area contributed by atoms with Gasteiger partial charge in [0.1, 0.15) is 11.8 Å². The number of hydrogen-bond donors (Lipinski definition) is 1. The van der Waals surface area contributed by atoms with Gasteiger partial charge in [-0.3, -0.25) is 19.5 Å². The first-order chi connectivity index (χ1) is 14.8. The summed E-state index contributed by atoms with van der Waals surface area (Å²) in [6, 6.07) is 14.5. The molecule has 31 heavy (non-hydrogen) atoms. The smallest absolute Gasteiger partial charge is 0.300 e. The minimum absolute atomic E-state index is 0.0544. The molecule has 4 rings (SSSR count). The molecule has 1 saturated heterocycles. The fourth-order valence-electron chi connectivity index (χ4n) is 3.81. The van der Waals surface area contributed by atoms with Crippen LogP contribution in [-0.2, 0) is 9.59 Å². The zero-order valence-corrected chi connectivity index (χ0v) is 18.3. The van der Waals surface area contributed by atoms with E-state index in [1.54, 1.807) is 30.5 Å². The fourth-order valence-corrected chi connectivity index (χ4v) is 4.10. The van der Waals surface area contributed by atoms with Crippen molar-refractivity contribution in [3.63, 3.8) is 0 Å². The highest BCUT2D eigenvalue weighted by molar-refractivity contribution is 6.51. The Hall–Kier alpha value is -3.15. The lowest BCUT2D eigenvalue weighted by atomic mass is 9.98. The second kappa shape index (κ2) is 8.17. The van der Waals surface area contributed by atoms with Crippen molar-refractivity contribution in [3.05, 3.63) is 98.8 Å². The van der Waals surface area contributed by atoms with E-state index in [4.69, 9.17) is 23.2 Å². The third-order valence-corrected chi connectivity index (χ3v) is 5.83. The van der Waals surface area contributed by atoms with E-state index in [-0.39, 0.29) is 21.9 Å². The lowest BCUT2D eigenvalue weighted by Gasteiger charge is -2.25. The van der Waals surface area contributed by atoms with Crippen LogP contribution in [0, 0.1) is 13.8 Å². The number of hydrogen-bond acceptors (Lipinski definition) is 4. The van der Waals surface area contributed by atoms with Crippen molar-refractivity contribution in [2.24, 2.45) is 0 Å².